The Labute approximate surface area is 139 Å². The van der Waals surface area contributed by atoms with Crippen molar-refractivity contribution in [2.45, 2.75) is 13.5 Å². The third-order valence-corrected chi connectivity index (χ3v) is 3.59. The Morgan fingerprint density at radius 1 is 1.17 bits per heavy atom. The van der Waals surface area contributed by atoms with Crippen molar-refractivity contribution in [3.05, 3.63) is 71.8 Å². The Bertz CT molecular complexity index is 866. The first-order chi connectivity index (χ1) is 11.7. The van der Waals surface area contributed by atoms with E-state index in [0.717, 1.165) is 5.56 Å². The molecule has 0 fully saturated rings. The molecule has 2 N–H and O–H groups in total. The second-order valence-electron chi connectivity index (χ2n) is 5.20. The Balaban J connectivity index is 1.86. The number of amides is 1. The summed E-state index contributed by atoms with van der Waals surface area (Å²) in [5.41, 5.74) is 2.91. The minimum absolute atomic E-state index is 0.180. The minimum Gasteiger partial charge on any atom is -0.392 e. The van der Waals surface area contributed by atoms with E-state index in [9.17, 15) is 9.90 Å². The fourth-order valence-electron chi connectivity index (χ4n) is 2.28. The van der Waals surface area contributed by atoms with Gasteiger partial charge in [0.25, 0.3) is 5.91 Å². The van der Waals surface area contributed by atoms with Gasteiger partial charge in [-0.15, -0.1) is 0 Å². The summed E-state index contributed by atoms with van der Waals surface area (Å²) in [7, 11) is 0. The molecule has 0 atom stereocenters. The second-order valence-corrected chi connectivity index (χ2v) is 5.20. The van der Waals surface area contributed by atoms with Gasteiger partial charge in [0.05, 0.1) is 29.7 Å². The molecule has 0 aliphatic heterocycles. The quantitative estimate of drug-likeness (QED) is 0.771. The summed E-state index contributed by atoms with van der Waals surface area (Å²) in [4.78, 5) is 25.1. The highest BCUT2D eigenvalue weighted by molar-refractivity contribution is 6.05. The first-order valence-electron chi connectivity index (χ1n) is 7.43. The largest absolute Gasteiger partial charge is 0.392 e. The van der Waals surface area contributed by atoms with Crippen LogP contribution >= 0.6 is 0 Å². The van der Waals surface area contributed by atoms with E-state index in [1.165, 1.54) is 12.4 Å². The van der Waals surface area contributed by atoms with E-state index in [4.69, 9.17) is 0 Å². The molecule has 0 saturated heterocycles. The normalized spacial score (nSPS) is 10.4. The van der Waals surface area contributed by atoms with Gasteiger partial charge in [-0.05, 0) is 13.0 Å². The number of anilines is 1. The zero-order valence-electron chi connectivity index (χ0n) is 13.1. The van der Waals surface area contributed by atoms with Crippen LogP contribution in [0.25, 0.3) is 11.4 Å². The molecule has 2 heterocycles. The second kappa shape index (κ2) is 6.97. The molecule has 0 aliphatic rings. The van der Waals surface area contributed by atoms with E-state index in [1.54, 1.807) is 19.2 Å². The van der Waals surface area contributed by atoms with Crippen LogP contribution in [0.5, 0.6) is 0 Å². The maximum atomic E-state index is 12.5. The van der Waals surface area contributed by atoms with Crippen molar-refractivity contribution in [1.82, 2.24) is 15.0 Å². The number of aryl methyl sites for hydroxylation is 1. The molecular weight excluding hydrogens is 304 g/mol. The number of carbonyl (C=O) groups is 1. The molecule has 0 aliphatic carbocycles. The first kappa shape index (κ1) is 15.8. The lowest BCUT2D eigenvalue weighted by Gasteiger charge is -2.10. The van der Waals surface area contributed by atoms with E-state index in [1.807, 2.05) is 30.3 Å². The summed E-state index contributed by atoms with van der Waals surface area (Å²) in [5.74, 6) is 0.233. The van der Waals surface area contributed by atoms with Crippen LogP contribution in [0.4, 0.5) is 5.69 Å². The lowest BCUT2D eigenvalue weighted by Crippen LogP contribution is -2.16. The zero-order valence-corrected chi connectivity index (χ0v) is 13.1. The highest BCUT2D eigenvalue weighted by atomic mass is 16.3. The maximum absolute atomic E-state index is 12.5. The Kier molecular flexibility index (Phi) is 4.58. The minimum atomic E-state index is -0.338. The summed E-state index contributed by atoms with van der Waals surface area (Å²) in [6.07, 6.45) is 4.57. The van der Waals surface area contributed by atoms with Gasteiger partial charge in [0.1, 0.15) is 0 Å². The fourth-order valence-corrected chi connectivity index (χ4v) is 2.28. The average Bonchev–Trinajstić information content (AvgIpc) is 2.62. The Morgan fingerprint density at radius 2 is 1.96 bits per heavy atom. The number of rotatable bonds is 4. The van der Waals surface area contributed by atoms with Crippen LogP contribution in [0.3, 0.4) is 0 Å². The van der Waals surface area contributed by atoms with Crippen molar-refractivity contribution < 1.29 is 9.90 Å². The predicted molar refractivity (Wildman–Crippen MR) is 90.3 cm³/mol. The maximum Gasteiger partial charge on any atom is 0.259 e. The van der Waals surface area contributed by atoms with E-state index >= 15 is 0 Å². The molecular formula is C18H16N4O2. The summed E-state index contributed by atoms with van der Waals surface area (Å²) in [6.45, 7) is 1.58. The lowest BCUT2D eigenvalue weighted by molar-refractivity contribution is 0.102. The van der Waals surface area contributed by atoms with Crippen LogP contribution < -0.4 is 5.32 Å². The summed E-state index contributed by atoms with van der Waals surface area (Å²) in [5, 5.41) is 12.1. The molecule has 24 heavy (non-hydrogen) atoms. The number of nitrogens with one attached hydrogen (secondary N) is 1. The van der Waals surface area contributed by atoms with Gasteiger partial charge in [-0.3, -0.25) is 9.78 Å². The molecule has 120 valence electrons. The first-order valence-corrected chi connectivity index (χ1v) is 7.43. The molecule has 3 aromatic rings. The topological polar surface area (TPSA) is 88.0 Å². The van der Waals surface area contributed by atoms with E-state index in [-0.39, 0.29) is 12.5 Å². The molecule has 1 amide bonds. The standard InChI is InChI=1S/C18H16N4O2/c1-12-15(9-20-17(21-12)13-5-3-2-4-6-13)18(24)22-16-10-19-8-7-14(16)11-23/h2-10,23H,11H2,1H3,(H,22,24). The smallest absolute Gasteiger partial charge is 0.259 e. The number of nitrogens with zero attached hydrogens (tertiary/aromatic N) is 3. The van der Waals surface area contributed by atoms with E-state index in [0.29, 0.717) is 28.3 Å². The van der Waals surface area contributed by atoms with Crippen LogP contribution in [0.15, 0.2) is 55.0 Å². The van der Waals surface area contributed by atoms with Gasteiger partial charge in [0.15, 0.2) is 5.82 Å². The fraction of sp³-hybridized carbons (Fsp3) is 0.111. The summed E-state index contributed by atoms with van der Waals surface area (Å²) < 4.78 is 0. The monoisotopic (exact) mass is 320 g/mol. The van der Waals surface area contributed by atoms with E-state index < -0.39 is 0 Å². The number of carbonyl (C=O) groups excluding carboxylic acids is 1. The number of aliphatic hydroxyl groups excluding tert-OH is 1. The third kappa shape index (κ3) is 3.28. The Hall–Kier alpha value is -3.12. The van der Waals surface area contributed by atoms with Gasteiger partial charge in [-0.1, -0.05) is 30.3 Å². The van der Waals surface area contributed by atoms with Crippen LogP contribution in [-0.2, 0) is 6.61 Å². The highest BCUT2D eigenvalue weighted by Crippen LogP contribution is 2.18. The van der Waals surface area contributed by atoms with Crippen molar-refractivity contribution in [2.24, 2.45) is 0 Å². The predicted octanol–water partition coefficient (Wildman–Crippen LogP) is 2.59. The highest BCUT2D eigenvalue weighted by Gasteiger charge is 2.14. The van der Waals surface area contributed by atoms with Crippen molar-refractivity contribution in [3.8, 4) is 11.4 Å². The van der Waals surface area contributed by atoms with Crippen molar-refractivity contribution in [1.29, 1.82) is 0 Å². The SMILES string of the molecule is Cc1nc(-c2ccccc2)ncc1C(=O)Nc1cnccc1CO. The van der Waals surface area contributed by atoms with Gasteiger partial charge in [-0.2, -0.15) is 0 Å². The van der Waals surface area contributed by atoms with Crippen molar-refractivity contribution in [3.63, 3.8) is 0 Å². The molecule has 0 spiro atoms. The van der Waals surface area contributed by atoms with Crippen molar-refractivity contribution in [2.75, 3.05) is 5.32 Å². The lowest BCUT2D eigenvalue weighted by atomic mass is 10.1. The Morgan fingerprint density at radius 3 is 2.67 bits per heavy atom. The molecule has 1 aromatic carbocycles. The third-order valence-electron chi connectivity index (χ3n) is 3.59. The van der Waals surface area contributed by atoms with Gasteiger partial charge in [0.2, 0.25) is 0 Å². The van der Waals surface area contributed by atoms with Gasteiger partial charge in [-0.25, -0.2) is 9.97 Å². The van der Waals surface area contributed by atoms with Crippen molar-refractivity contribution >= 4 is 11.6 Å². The van der Waals surface area contributed by atoms with Gasteiger partial charge < -0.3 is 10.4 Å². The van der Waals surface area contributed by atoms with Gasteiger partial charge in [0, 0.05) is 23.5 Å². The van der Waals surface area contributed by atoms with Gasteiger partial charge >= 0.3 is 0 Å². The molecule has 0 saturated carbocycles. The van der Waals surface area contributed by atoms with Crippen LogP contribution in [0.2, 0.25) is 0 Å². The number of benzene rings is 1. The number of aliphatic hydroxyl groups is 1. The zero-order chi connectivity index (χ0) is 16.9. The van der Waals surface area contributed by atoms with Crippen LogP contribution in [-0.4, -0.2) is 26.0 Å². The number of pyridine rings is 1. The summed E-state index contributed by atoms with van der Waals surface area (Å²) >= 11 is 0. The number of aromatic nitrogens is 3. The average molecular weight is 320 g/mol. The van der Waals surface area contributed by atoms with E-state index in [2.05, 4.69) is 20.3 Å². The van der Waals surface area contributed by atoms with Crippen LogP contribution in [0.1, 0.15) is 21.6 Å². The molecule has 0 radical (unpaired) electrons. The summed E-state index contributed by atoms with van der Waals surface area (Å²) in [6, 6.07) is 11.2. The molecule has 6 nitrogen and oxygen atoms in total. The number of hydrogen-bond donors (Lipinski definition) is 2. The van der Waals surface area contributed by atoms with Crippen LogP contribution in [0, 0.1) is 6.92 Å². The molecule has 0 bridgehead atoms. The molecule has 6 heteroatoms. The molecule has 0 unspecified atom stereocenters. The molecule has 2 aromatic heterocycles. The molecule has 3 rings (SSSR count). The number of hydrogen-bond acceptors (Lipinski definition) is 5.